The van der Waals surface area contributed by atoms with Crippen molar-refractivity contribution in [1.82, 2.24) is 5.32 Å². The van der Waals surface area contributed by atoms with Crippen LogP contribution in [-0.4, -0.2) is 31.0 Å². The molecule has 5 heteroatoms. The molecule has 1 aliphatic heterocycles. The first-order chi connectivity index (χ1) is 13.0. The third-order valence-corrected chi connectivity index (χ3v) is 7.30. The largest absolute Gasteiger partial charge is 0.495 e. The van der Waals surface area contributed by atoms with Crippen LogP contribution >= 0.6 is 0 Å². The molecule has 144 valence electrons. The Morgan fingerprint density at radius 2 is 1.74 bits per heavy atom. The molecule has 1 atom stereocenters. The van der Waals surface area contributed by atoms with E-state index in [1.54, 1.807) is 12.0 Å². The number of methoxy groups -OCH3 is 1. The number of ether oxygens (including phenoxy) is 1. The Morgan fingerprint density at radius 1 is 1.11 bits per heavy atom. The monoisotopic (exact) mass is 368 g/mol. The van der Waals surface area contributed by atoms with Crippen LogP contribution in [0.15, 0.2) is 24.3 Å². The fraction of sp³-hybridized carbons (Fsp3) is 0.636. The number of rotatable bonds is 4. The molecule has 6 rings (SSSR count). The van der Waals surface area contributed by atoms with Gasteiger partial charge in [-0.15, -0.1) is 0 Å². The summed E-state index contributed by atoms with van der Waals surface area (Å²) in [5, 5.41) is 3.44. The molecule has 0 radical (unpaired) electrons. The number of nitrogens with zero attached hydrogens (tertiary/aromatic N) is 1. The molecule has 1 heterocycles. The van der Waals surface area contributed by atoms with Gasteiger partial charge in [0.1, 0.15) is 5.75 Å². The Bertz CT molecular complexity index is 739. The Hall–Kier alpha value is -2.04. The van der Waals surface area contributed by atoms with E-state index in [1.807, 2.05) is 24.3 Å². The molecule has 4 aliphatic carbocycles. The van der Waals surface area contributed by atoms with Gasteiger partial charge in [-0.05, 0) is 68.4 Å². The van der Waals surface area contributed by atoms with Gasteiger partial charge in [0.2, 0.25) is 11.8 Å². The second-order valence-electron chi connectivity index (χ2n) is 9.26. The van der Waals surface area contributed by atoms with Crippen molar-refractivity contribution in [3.8, 4) is 5.75 Å². The summed E-state index contributed by atoms with van der Waals surface area (Å²) < 4.78 is 5.40. The standard InChI is InChI=1S/C22H28N2O3/c1-27-19-5-3-2-4-18(19)24-13-17(9-20(24)25)21(26)23-22-10-14-6-15(11-22)8-16(7-14)12-22/h2-5,14-17H,6-13H2,1H3,(H,23,26)/t14?,15?,16?,17-,22?/m0/s1. The van der Waals surface area contributed by atoms with E-state index in [0.717, 1.165) is 42.7 Å². The Morgan fingerprint density at radius 3 is 2.37 bits per heavy atom. The molecule has 5 nitrogen and oxygen atoms in total. The highest BCUT2D eigenvalue weighted by molar-refractivity contribution is 6.01. The zero-order valence-electron chi connectivity index (χ0n) is 15.9. The fourth-order valence-electron chi connectivity index (χ4n) is 6.60. The van der Waals surface area contributed by atoms with Crippen molar-refractivity contribution in [3.63, 3.8) is 0 Å². The van der Waals surface area contributed by atoms with E-state index in [9.17, 15) is 9.59 Å². The summed E-state index contributed by atoms with van der Waals surface area (Å²) in [7, 11) is 1.61. The summed E-state index contributed by atoms with van der Waals surface area (Å²) in [6.45, 7) is 0.442. The second kappa shape index (κ2) is 6.25. The van der Waals surface area contributed by atoms with Crippen LogP contribution in [0.1, 0.15) is 44.9 Å². The van der Waals surface area contributed by atoms with Gasteiger partial charge in [-0.2, -0.15) is 0 Å². The van der Waals surface area contributed by atoms with Crippen molar-refractivity contribution in [2.45, 2.75) is 50.5 Å². The van der Waals surface area contributed by atoms with Gasteiger partial charge in [0, 0.05) is 18.5 Å². The average Bonchev–Trinajstić information content (AvgIpc) is 3.02. The predicted molar refractivity (Wildman–Crippen MR) is 102 cm³/mol. The average molecular weight is 368 g/mol. The third kappa shape index (κ3) is 2.91. The molecule has 0 aromatic heterocycles. The number of carbonyl (C=O) groups is 2. The van der Waals surface area contributed by atoms with Gasteiger partial charge in [-0.1, -0.05) is 12.1 Å². The van der Waals surface area contributed by atoms with Gasteiger partial charge in [0.05, 0.1) is 18.7 Å². The van der Waals surface area contributed by atoms with Crippen LogP contribution in [0.5, 0.6) is 5.75 Å². The number of hydrogen-bond donors (Lipinski definition) is 1. The topological polar surface area (TPSA) is 58.6 Å². The van der Waals surface area contributed by atoms with E-state index in [4.69, 9.17) is 4.74 Å². The molecule has 5 aliphatic rings. The SMILES string of the molecule is COc1ccccc1N1C[C@@H](C(=O)NC23CC4CC(CC(C4)C2)C3)CC1=O. The summed E-state index contributed by atoms with van der Waals surface area (Å²) in [6.07, 6.45) is 7.79. The van der Waals surface area contributed by atoms with Gasteiger partial charge in [-0.25, -0.2) is 0 Å². The van der Waals surface area contributed by atoms with Crippen LogP contribution in [0.25, 0.3) is 0 Å². The van der Waals surface area contributed by atoms with Crippen LogP contribution in [0.4, 0.5) is 5.69 Å². The number of benzene rings is 1. The number of hydrogen-bond acceptors (Lipinski definition) is 3. The maximum absolute atomic E-state index is 13.1. The molecule has 5 fully saturated rings. The van der Waals surface area contributed by atoms with Crippen LogP contribution in [0, 0.1) is 23.7 Å². The number of carbonyl (C=O) groups excluding carboxylic acids is 2. The van der Waals surface area contributed by atoms with E-state index >= 15 is 0 Å². The molecular weight excluding hydrogens is 340 g/mol. The quantitative estimate of drug-likeness (QED) is 0.888. The molecule has 27 heavy (non-hydrogen) atoms. The number of para-hydroxylation sites is 2. The lowest BCUT2D eigenvalue weighted by Gasteiger charge is -2.57. The van der Waals surface area contributed by atoms with Crippen LogP contribution < -0.4 is 15.0 Å². The second-order valence-corrected chi connectivity index (χ2v) is 9.26. The predicted octanol–water partition coefficient (Wildman–Crippen LogP) is 3.13. The highest BCUT2D eigenvalue weighted by Gasteiger charge is 2.52. The third-order valence-electron chi connectivity index (χ3n) is 7.30. The van der Waals surface area contributed by atoms with E-state index < -0.39 is 0 Å². The molecule has 4 bridgehead atoms. The highest BCUT2D eigenvalue weighted by Crippen LogP contribution is 2.55. The zero-order valence-corrected chi connectivity index (χ0v) is 15.9. The lowest BCUT2D eigenvalue weighted by atomic mass is 9.53. The lowest BCUT2D eigenvalue weighted by molar-refractivity contribution is -0.131. The molecule has 4 saturated carbocycles. The summed E-state index contributed by atoms with van der Waals surface area (Å²) in [4.78, 5) is 27.4. The highest BCUT2D eigenvalue weighted by atomic mass is 16.5. The smallest absolute Gasteiger partial charge is 0.227 e. The van der Waals surface area contributed by atoms with Crippen molar-refractivity contribution >= 4 is 17.5 Å². The van der Waals surface area contributed by atoms with Gasteiger partial charge in [0.15, 0.2) is 0 Å². The minimum Gasteiger partial charge on any atom is -0.495 e. The first kappa shape index (κ1) is 17.1. The lowest BCUT2D eigenvalue weighted by Crippen LogP contribution is -2.60. The Balaban J connectivity index is 1.30. The van der Waals surface area contributed by atoms with E-state index in [2.05, 4.69) is 5.32 Å². The Kier molecular flexibility index (Phi) is 3.95. The van der Waals surface area contributed by atoms with Crippen LogP contribution in [0.2, 0.25) is 0 Å². The molecule has 0 unspecified atom stereocenters. The normalized spacial score (nSPS) is 36.9. The molecule has 1 saturated heterocycles. The maximum Gasteiger partial charge on any atom is 0.227 e. The summed E-state index contributed by atoms with van der Waals surface area (Å²) >= 11 is 0. The van der Waals surface area contributed by atoms with E-state index in [1.165, 1.54) is 19.3 Å². The molecule has 1 N–H and O–H groups in total. The summed E-state index contributed by atoms with van der Waals surface area (Å²) in [5.41, 5.74) is 0.766. The number of amides is 2. The zero-order chi connectivity index (χ0) is 18.6. The van der Waals surface area contributed by atoms with Crippen molar-refractivity contribution in [1.29, 1.82) is 0 Å². The summed E-state index contributed by atoms with van der Waals surface area (Å²) in [6, 6.07) is 7.52. The van der Waals surface area contributed by atoms with Crippen molar-refractivity contribution in [3.05, 3.63) is 24.3 Å². The molecule has 1 aromatic carbocycles. The van der Waals surface area contributed by atoms with Crippen molar-refractivity contribution in [2.24, 2.45) is 23.7 Å². The number of nitrogens with one attached hydrogen (secondary N) is 1. The molecule has 1 aromatic rings. The Labute approximate surface area is 160 Å². The molecule has 0 spiro atoms. The molecular formula is C22H28N2O3. The minimum atomic E-state index is -0.268. The summed E-state index contributed by atoms with van der Waals surface area (Å²) in [5.74, 6) is 2.88. The first-order valence-corrected chi connectivity index (χ1v) is 10.3. The van der Waals surface area contributed by atoms with Gasteiger partial charge < -0.3 is 15.0 Å². The maximum atomic E-state index is 13.1. The van der Waals surface area contributed by atoms with Crippen LogP contribution in [-0.2, 0) is 9.59 Å². The van der Waals surface area contributed by atoms with Gasteiger partial charge in [-0.3, -0.25) is 9.59 Å². The fourth-order valence-corrected chi connectivity index (χ4v) is 6.60. The van der Waals surface area contributed by atoms with Crippen molar-refractivity contribution in [2.75, 3.05) is 18.6 Å². The number of anilines is 1. The van der Waals surface area contributed by atoms with Crippen molar-refractivity contribution < 1.29 is 14.3 Å². The van der Waals surface area contributed by atoms with E-state index in [0.29, 0.717) is 12.3 Å². The first-order valence-electron chi connectivity index (χ1n) is 10.3. The molecule has 2 amide bonds. The van der Waals surface area contributed by atoms with Crippen LogP contribution in [0.3, 0.4) is 0 Å². The minimum absolute atomic E-state index is 0.00478. The van der Waals surface area contributed by atoms with Gasteiger partial charge >= 0.3 is 0 Å². The van der Waals surface area contributed by atoms with Gasteiger partial charge in [0.25, 0.3) is 0 Å². The van der Waals surface area contributed by atoms with E-state index in [-0.39, 0.29) is 29.7 Å².